The topological polar surface area (TPSA) is 12.0 Å². The van der Waals surface area contributed by atoms with Crippen LogP contribution in [0.5, 0.6) is 0 Å². The number of hydrogen-bond donors (Lipinski definition) is 1. The Bertz CT molecular complexity index is 521. The third-order valence-electron chi connectivity index (χ3n) is 2.42. The van der Waals surface area contributed by atoms with E-state index in [0.717, 1.165) is 19.8 Å². The highest BCUT2D eigenvalue weighted by Gasteiger charge is 2.03. The lowest BCUT2D eigenvalue weighted by Gasteiger charge is -2.10. The number of hydrogen-bond acceptors (Lipinski definition) is 1. The van der Waals surface area contributed by atoms with Gasteiger partial charge in [-0.25, -0.2) is 0 Å². The molecular formula is C13H9Cl3IN. The van der Waals surface area contributed by atoms with Crippen LogP contribution in [0.1, 0.15) is 5.56 Å². The molecule has 0 aliphatic heterocycles. The molecule has 2 aromatic rings. The van der Waals surface area contributed by atoms with Crippen molar-refractivity contribution in [2.24, 2.45) is 0 Å². The van der Waals surface area contributed by atoms with Gasteiger partial charge in [-0.2, -0.15) is 0 Å². The lowest BCUT2D eigenvalue weighted by Crippen LogP contribution is -2.01. The average Bonchev–Trinajstić information content (AvgIpc) is 2.30. The number of anilines is 1. The van der Waals surface area contributed by atoms with E-state index in [2.05, 4.69) is 27.9 Å². The second-order valence-corrected chi connectivity index (χ2v) is 6.16. The maximum atomic E-state index is 6.11. The van der Waals surface area contributed by atoms with Gasteiger partial charge in [0, 0.05) is 30.9 Å². The van der Waals surface area contributed by atoms with Gasteiger partial charge < -0.3 is 5.32 Å². The van der Waals surface area contributed by atoms with E-state index in [0.29, 0.717) is 16.6 Å². The maximum absolute atomic E-state index is 6.11. The fourth-order valence-corrected chi connectivity index (χ4v) is 3.03. The molecule has 0 bridgehead atoms. The number of rotatable bonds is 3. The zero-order valence-corrected chi connectivity index (χ0v) is 13.6. The maximum Gasteiger partial charge on any atom is 0.0479 e. The smallest absolute Gasteiger partial charge is 0.0479 e. The van der Waals surface area contributed by atoms with Gasteiger partial charge >= 0.3 is 0 Å². The van der Waals surface area contributed by atoms with Crippen LogP contribution in [-0.2, 0) is 6.54 Å². The van der Waals surface area contributed by atoms with E-state index in [1.807, 2.05) is 30.3 Å². The second kappa shape index (κ2) is 6.33. The highest BCUT2D eigenvalue weighted by atomic mass is 127. The van der Waals surface area contributed by atoms with Crippen LogP contribution in [-0.4, -0.2) is 0 Å². The van der Waals surface area contributed by atoms with Crippen molar-refractivity contribution in [3.8, 4) is 0 Å². The van der Waals surface area contributed by atoms with Gasteiger partial charge in [-0.05, 0) is 58.5 Å². The standard InChI is InChI=1S/C13H9Cl3IN/c14-9-2-1-8(11(16)5-9)7-18-13-4-3-10(15)6-12(13)17/h1-6,18H,7H2. The molecule has 0 unspecified atom stereocenters. The summed E-state index contributed by atoms with van der Waals surface area (Å²) in [4.78, 5) is 0. The van der Waals surface area contributed by atoms with Crippen molar-refractivity contribution in [2.45, 2.75) is 6.54 Å². The van der Waals surface area contributed by atoms with Crippen LogP contribution in [0.4, 0.5) is 5.69 Å². The summed E-state index contributed by atoms with van der Waals surface area (Å²) < 4.78 is 1.07. The second-order valence-electron chi connectivity index (χ2n) is 3.71. The normalized spacial score (nSPS) is 10.4. The van der Waals surface area contributed by atoms with Crippen molar-refractivity contribution in [1.82, 2.24) is 0 Å². The van der Waals surface area contributed by atoms with Gasteiger partial charge in [0.15, 0.2) is 0 Å². The molecule has 1 N–H and O–H groups in total. The summed E-state index contributed by atoms with van der Waals surface area (Å²) >= 11 is 20.1. The van der Waals surface area contributed by atoms with Crippen molar-refractivity contribution in [2.75, 3.05) is 5.32 Å². The Morgan fingerprint density at radius 3 is 2.28 bits per heavy atom. The van der Waals surface area contributed by atoms with Gasteiger partial charge in [0.25, 0.3) is 0 Å². The molecule has 0 aliphatic rings. The van der Waals surface area contributed by atoms with E-state index in [4.69, 9.17) is 34.8 Å². The molecule has 0 amide bonds. The fourth-order valence-electron chi connectivity index (χ4n) is 1.49. The monoisotopic (exact) mass is 411 g/mol. The van der Waals surface area contributed by atoms with Gasteiger partial charge in [0.2, 0.25) is 0 Å². The minimum atomic E-state index is 0.643. The molecule has 2 aromatic carbocycles. The molecule has 0 aromatic heterocycles. The summed E-state index contributed by atoms with van der Waals surface area (Å²) in [7, 11) is 0. The SMILES string of the molecule is Clc1ccc(CNc2ccc(Cl)cc2I)c(Cl)c1. The number of nitrogens with one attached hydrogen (secondary N) is 1. The van der Waals surface area contributed by atoms with Gasteiger partial charge in [-0.3, -0.25) is 0 Å². The van der Waals surface area contributed by atoms with E-state index in [1.165, 1.54) is 0 Å². The summed E-state index contributed by atoms with van der Waals surface area (Å²) in [6.45, 7) is 0.646. The first-order chi connectivity index (χ1) is 8.56. The lowest BCUT2D eigenvalue weighted by atomic mass is 10.2. The minimum Gasteiger partial charge on any atom is -0.380 e. The zero-order chi connectivity index (χ0) is 13.1. The van der Waals surface area contributed by atoms with Crippen LogP contribution < -0.4 is 5.32 Å². The summed E-state index contributed by atoms with van der Waals surface area (Å²) in [6, 6.07) is 11.2. The fraction of sp³-hybridized carbons (Fsp3) is 0.0769. The summed E-state index contributed by atoms with van der Waals surface area (Å²) in [5, 5.41) is 5.36. The van der Waals surface area contributed by atoms with Crippen molar-refractivity contribution >= 4 is 63.1 Å². The highest BCUT2D eigenvalue weighted by Crippen LogP contribution is 2.25. The van der Waals surface area contributed by atoms with Gasteiger partial charge in [-0.15, -0.1) is 0 Å². The van der Waals surface area contributed by atoms with Gasteiger partial charge in [0.1, 0.15) is 0 Å². The molecule has 94 valence electrons. The van der Waals surface area contributed by atoms with Crippen molar-refractivity contribution in [3.63, 3.8) is 0 Å². The molecule has 0 fully saturated rings. The Hall–Kier alpha value is -0.160. The molecule has 18 heavy (non-hydrogen) atoms. The van der Waals surface area contributed by atoms with Crippen LogP contribution in [0.3, 0.4) is 0 Å². The lowest BCUT2D eigenvalue weighted by molar-refractivity contribution is 1.15. The molecule has 0 saturated carbocycles. The molecule has 0 aliphatic carbocycles. The van der Waals surface area contributed by atoms with E-state index in [9.17, 15) is 0 Å². The first kappa shape index (κ1) is 14.3. The van der Waals surface area contributed by atoms with Crippen LogP contribution in [0.2, 0.25) is 15.1 Å². The molecule has 0 atom stereocenters. The molecule has 2 rings (SSSR count). The first-order valence-electron chi connectivity index (χ1n) is 5.19. The van der Waals surface area contributed by atoms with Crippen LogP contribution in [0, 0.1) is 3.57 Å². The van der Waals surface area contributed by atoms with E-state index in [-0.39, 0.29) is 0 Å². The average molecular weight is 412 g/mol. The number of halogens is 4. The molecular weight excluding hydrogens is 403 g/mol. The van der Waals surface area contributed by atoms with Crippen molar-refractivity contribution < 1.29 is 0 Å². The molecule has 5 heteroatoms. The first-order valence-corrected chi connectivity index (χ1v) is 7.40. The third kappa shape index (κ3) is 3.67. The predicted molar refractivity (Wildman–Crippen MR) is 88.0 cm³/mol. The number of benzene rings is 2. The predicted octanol–water partition coefficient (Wildman–Crippen LogP) is 5.86. The molecule has 0 spiro atoms. The highest BCUT2D eigenvalue weighted by molar-refractivity contribution is 14.1. The molecule has 0 radical (unpaired) electrons. The van der Waals surface area contributed by atoms with Crippen LogP contribution in [0.25, 0.3) is 0 Å². The van der Waals surface area contributed by atoms with Gasteiger partial charge in [-0.1, -0.05) is 40.9 Å². The summed E-state index contributed by atoms with van der Waals surface area (Å²) in [6.07, 6.45) is 0. The molecule has 0 saturated heterocycles. The van der Waals surface area contributed by atoms with E-state index < -0.39 is 0 Å². The van der Waals surface area contributed by atoms with E-state index in [1.54, 1.807) is 6.07 Å². The quantitative estimate of drug-likeness (QED) is 0.623. The van der Waals surface area contributed by atoms with Gasteiger partial charge in [0.05, 0.1) is 0 Å². The summed E-state index contributed by atoms with van der Waals surface area (Å²) in [5.41, 5.74) is 2.04. The largest absolute Gasteiger partial charge is 0.380 e. The van der Waals surface area contributed by atoms with Crippen molar-refractivity contribution in [3.05, 3.63) is 60.6 Å². The molecule has 1 nitrogen and oxygen atoms in total. The third-order valence-corrected chi connectivity index (χ3v) is 4.13. The Morgan fingerprint density at radius 1 is 0.944 bits per heavy atom. The van der Waals surface area contributed by atoms with Crippen molar-refractivity contribution in [1.29, 1.82) is 0 Å². The Balaban J connectivity index is 2.11. The van der Waals surface area contributed by atoms with E-state index >= 15 is 0 Å². The Labute approximate surface area is 135 Å². The van der Waals surface area contributed by atoms with Crippen LogP contribution >= 0.6 is 57.4 Å². The Morgan fingerprint density at radius 2 is 1.61 bits per heavy atom. The minimum absolute atomic E-state index is 0.643. The Kier molecular flexibility index (Phi) is 5.01. The van der Waals surface area contributed by atoms with Crippen LogP contribution in [0.15, 0.2) is 36.4 Å². The molecule has 0 heterocycles. The zero-order valence-electron chi connectivity index (χ0n) is 9.18. The summed E-state index contributed by atoms with van der Waals surface area (Å²) in [5.74, 6) is 0.